The first-order chi connectivity index (χ1) is 9.81. The molecule has 2 rings (SSSR count). The molecule has 0 bridgehead atoms. The lowest BCUT2D eigenvalue weighted by molar-refractivity contribution is 0.795. The fourth-order valence-corrected chi connectivity index (χ4v) is 1.98. The molecule has 0 fully saturated rings. The van der Waals surface area contributed by atoms with E-state index < -0.39 is 0 Å². The minimum absolute atomic E-state index is 0.831. The second kappa shape index (κ2) is 7.50. The number of rotatable bonds is 4. The van der Waals surface area contributed by atoms with E-state index in [0.29, 0.717) is 0 Å². The van der Waals surface area contributed by atoms with Gasteiger partial charge in [-0.25, -0.2) is 4.98 Å². The molecule has 102 valence electrons. The van der Waals surface area contributed by atoms with E-state index in [1.54, 1.807) is 0 Å². The number of unbranched alkanes of at least 4 members (excludes halogenated alkanes) is 1. The van der Waals surface area contributed by atoms with Gasteiger partial charge in [-0.3, -0.25) is 0 Å². The van der Waals surface area contributed by atoms with Crippen molar-refractivity contribution in [1.29, 1.82) is 0 Å². The predicted molar refractivity (Wildman–Crippen MR) is 84.6 cm³/mol. The molecule has 1 nitrogen and oxygen atoms in total. The Bertz CT molecular complexity index is 582. The molecule has 1 heteroatoms. The number of aromatic nitrogens is 1. The van der Waals surface area contributed by atoms with Crippen LogP contribution in [0.3, 0.4) is 0 Å². The van der Waals surface area contributed by atoms with Gasteiger partial charge in [0.15, 0.2) is 0 Å². The fourth-order valence-electron chi connectivity index (χ4n) is 1.98. The molecular weight excluding hydrogens is 242 g/mol. The van der Waals surface area contributed by atoms with Crippen LogP contribution in [0.2, 0.25) is 0 Å². The molecule has 20 heavy (non-hydrogen) atoms. The Morgan fingerprint density at radius 1 is 0.900 bits per heavy atom. The predicted octanol–water partition coefficient (Wildman–Crippen LogP) is 4.39. The van der Waals surface area contributed by atoms with Gasteiger partial charge in [-0.05, 0) is 54.5 Å². The van der Waals surface area contributed by atoms with E-state index in [9.17, 15) is 0 Å². The zero-order valence-corrected chi connectivity index (χ0v) is 12.3. The lowest BCUT2D eigenvalue weighted by Crippen LogP contribution is -1.86. The highest BCUT2D eigenvalue weighted by Crippen LogP contribution is 2.07. The maximum atomic E-state index is 4.35. The van der Waals surface area contributed by atoms with Crippen LogP contribution in [0, 0.1) is 11.8 Å². The highest BCUT2D eigenvalue weighted by molar-refractivity contribution is 5.41. The molecule has 1 aromatic heterocycles. The van der Waals surface area contributed by atoms with Crippen LogP contribution < -0.4 is 0 Å². The van der Waals surface area contributed by atoms with E-state index in [1.165, 1.54) is 24.0 Å². The van der Waals surface area contributed by atoms with Crippen LogP contribution in [0.1, 0.15) is 49.1 Å². The third kappa shape index (κ3) is 4.24. The molecule has 0 amide bonds. The van der Waals surface area contributed by atoms with Crippen molar-refractivity contribution in [2.75, 3.05) is 0 Å². The molecule has 0 unspecified atom stereocenters. The molecule has 0 aliphatic carbocycles. The lowest BCUT2D eigenvalue weighted by Gasteiger charge is -1.99. The van der Waals surface area contributed by atoms with Crippen molar-refractivity contribution < 1.29 is 0 Å². The van der Waals surface area contributed by atoms with Gasteiger partial charge in [0.1, 0.15) is 5.69 Å². The van der Waals surface area contributed by atoms with Crippen LogP contribution in [-0.2, 0) is 12.8 Å². The molecule has 0 aliphatic heterocycles. The van der Waals surface area contributed by atoms with Crippen molar-refractivity contribution in [3.63, 3.8) is 0 Å². The average Bonchev–Trinajstić information content (AvgIpc) is 2.52. The first-order valence-electron chi connectivity index (χ1n) is 7.37. The number of benzene rings is 1. The second-order valence-electron chi connectivity index (χ2n) is 4.96. The quantitative estimate of drug-likeness (QED) is 0.746. The number of hydrogen-bond donors (Lipinski definition) is 0. The summed E-state index contributed by atoms with van der Waals surface area (Å²) in [5.74, 6) is 6.28. The first-order valence-corrected chi connectivity index (χ1v) is 7.37. The Morgan fingerprint density at radius 3 is 2.25 bits per heavy atom. The Hall–Kier alpha value is -2.07. The number of pyridine rings is 1. The number of nitrogens with zero attached hydrogens (tertiary/aromatic N) is 1. The van der Waals surface area contributed by atoms with E-state index in [0.717, 1.165) is 24.1 Å². The second-order valence-corrected chi connectivity index (χ2v) is 4.96. The van der Waals surface area contributed by atoms with Gasteiger partial charge in [0.05, 0.1) is 0 Å². The van der Waals surface area contributed by atoms with Gasteiger partial charge in [-0.2, -0.15) is 0 Å². The molecule has 0 N–H and O–H groups in total. The summed E-state index contributed by atoms with van der Waals surface area (Å²) in [6.45, 7) is 4.35. The third-order valence-electron chi connectivity index (χ3n) is 3.34. The van der Waals surface area contributed by atoms with Gasteiger partial charge in [0.2, 0.25) is 0 Å². The zero-order chi connectivity index (χ0) is 14.2. The maximum Gasteiger partial charge on any atom is 0.113 e. The van der Waals surface area contributed by atoms with Crippen LogP contribution in [0.25, 0.3) is 0 Å². The maximum absolute atomic E-state index is 4.35. The van der Waals surface area contributed by atoms with Crippen LogP contribution in [-0.4, -0.2) is 4.98 Å². The first kappa shape index (κ1) is 14.3. The SMILES string of the molecule is CCCCc1ccc(C#Cc2ccc(CC)cn2)cc1. The van der Waals surface area contributed by atoms with Gasteiger partial charge >= 0.3 is 0 Å². The standard InChI is InChI=1S/C19H21N/c1-3-5-6-17-7-9-18(10-8-17)12-14-19-13-11-16(4-2)15-20-19/h7-11,13,15H,3-6H2,1-2H3. The highest BCUT2D eigenvalue weighted by atomic mass is 14.7. The Labute approximate surface area is 122 Å². The van der Waals surface area contributed by atoms with Gasteiger partial charge in [0.25, 0.3) is 0 Å². The van der Waals surface area contributed by atoms with Crippen LogP contribution in [0.4, 0.5) is 0 Å². The van der Waals surface area contributed by atoms with Gasteiger partial charge in [-0.15, -0.1) is 0 Å². The largest absolute Gasteiger partial charge is 0.248 e. The molecule has 0 saturated carbocycles. The van der Waals surface area contributed by atoms with E-state index in [2.05, 4.69) is 61.0 Å². The van der Waals surface area contributed by atoms with Crippen molar-refractivity contribution in [2.24, 2.45) is 0 Å². The molecule has 0 aliphatic rings. The normalized spacial score (nSPS) is 9.90. The van der Waals surface area contributed by atoms with Crippen molar-refractivity contribution in [1.82, 2.24) is 4.98 Å². The number of hydrogen-bond acceptors (Lipinski definition) is 1. The van der Waals surface area contributed by atoms with Gasteiger partial charge in [-0.1, -0.05) is 44.4 Å². The van der Waals surface area contributed by atoms with E-state index in [-0.39, 0.29) is 0 Å². The minimum atomic E-state index is 0.831. The number of aryl methyl sites for hydroxylation is 2. The average molecular weight is 263 g/mol. The minimum Gasteiger partial charge on any atom is -0.248 e. The molecule has 1 heterocycles. The molecule has 0 atom stereocenters. The Morgan fingerprint density at radius 2 is 1.65 bits per heavy atom. The van der Waals surface area contributed by atoms with E-state index >= 15 is 0 Å². The summed E-state index contributed by atoms with van der Waals surface area (Å²) in [6, 6.07) is 12.6. The highest BCUT2D eigenvalue weighted by Gasteiger charge is 1.93. The molecule has 0 radical (unpaired) electrons. The summed E-state index contributed by atoms with van der Waals surface area (Å²) in [6.07, 6.45) is 6.56. The van der Waals surface area contributed by atoms with Crippen molar-refractivity contribution in [3.8, 4) is 11.8 Å². The third-order valence-corrected chi connectivity index (χ3v) is 3.34. The summed E-state index contributed by atoms with van der Waals surface area (Å²) in [5.41, 5.74) is 4.52. The van der Waals surface area contributed by atoms with Crippen molar-refractivity contribution in [3.05, 3.63) is 65.0 Å². The van der Waals surface area contributed by atoms with Crippen LogP contribution in [0.5, 0.6) is 0 Å². The molecule has 0 saturated heterocycles. The summed E-state index contributed by atoms with van der Waals surface area (Å²) in [7, 11) is 0. The van der Waals surface area contributed by atoms with Crippen molar-refractivity contribution >= 4 is 0 Å². The monoisotopic (exact) mass is 263 g/mol. The zero-order valence-electron chi connectivity index (χ0n) is 12.3. The Kier molecular flexibility index (Phi) is 5.38. The molecular formula is C19H21N. The summed E-state index contributed by atoms with van der Waals surface area (Å²) < 4.78 is 0. The topological polar surface area (TPSA) is 12.9 Å². The summed E-state index contributed by atoms with van der Waals surface area (Å²) >= 11 is 0. The molecule has 1 aromatic carbocycles. The van der Waals surface area contributed by atoms with Gasteiger partial charge in [0, 0.05) is 11.8 Å². The van der Waals surface area contributed by atoms with Gasteiger partial charge < -0.3 is 0 Å². The van der Waals surface area contributed by atoms with E-state index in [4.69, 9.17) is 0 Å². The smallest absolute Gasteiger partial charge is 0.113 e. The van der Waals surface area contributed by atoms with Crippen molar-refractivity contribution in [2.45, 2.75) is 39.5 Å². The lowest BCUT2D eigenvalue weighted by atomic mass is 10.1. The van der Waals surface area contributed by atoms with E-state index in [1.807, 2.05) is 12.3 Å². The summed E-state index contributed by atoms with van der Waals surface area (Å²) in [4.78, 5) is 4.35. The van der Waals surface area contributed by atoms with Crippen LogP contribution in [0.15, 0.2) is 42.6 Å². The molecule has 2 aromatic rings. The van der Waals surface area contributed by atoms with Crippen LogP contribution >= 0.6 is 0 Å². The summed E-state index contributed by atoms with van der Waals surface area (Å²) in [5, 5.41) is 0. The Balaban J connectivity index is 2.04. The fraction of sp³-hybridized carbons (Fsp3) is 0.316. The molecule has 0 spiro atoms.